The Bertz CT molecular complexity index is 306. The highest BCUT2D eigenvalue weighted by molar-refractivity contribution is 7.10. The quantitative estimate of drug-likeness (QED) is 0.745. The predicted molar refractivity (Wildman–Crippen MR) is 55.1 cm³/mol. The highest BCUT2D eigenvalue weighted by Gasteiger charge is 2.33. The molecule has 2 heterocycles. The van der Waals surface area contributed by atoms with Crippen LogP contribution in [-0.2, 0) is 10.2 Å². The fourth-order valence-electron chi connectivity index (χ4n) is 1.74. The summed E-state index contributed by atoms with van der Waals surface area (Å²) in [5, 5.41) is 5.32. The molecule has 1 unspecified atom stereocenters. The summed E-state index contributed by atoms with van der Waals surface area (Å²) >= 11 is 1.77. The predicted octanol–water partition coefficient (Wildman–Crippen LogP) is 2.27. The molecule has 1 N–H and O–H groups in total. The summed E-state index contributed by atoms with van der Waals surface area (Å²) in [4.78, 5) is 1.33. The molecule has 0 radical (unpaired) electrons. The first-order valence-corrected chi connectivity index (χ1v) is 5.40. The molecular formula is C10H15NOS. The van der Waals surface area contributed by atoms with Crippen molar-refractivity contribution in [2.45, 2.75) is 25.5 Å². The van der Waals surface area contributed by atoms with Crippen molar-refractivity contribution < 1.29 is 4.74 Å². The van der Waals surface area contributed by atoms with Crippen molar-refractivity contribution in [1.82, 2.24) is 5.32 Å². The minimum absolute atomic E-state index is 0.100. The molecule has 2 nitrogen and oxygen atoms in total. The Labute approximate surface area is 82.9 Å². The fraction of sp³-hybridized carbons (Fsp3) is 0.600. The Kier molecular flexibility index (Phi) is 2.18. The van der Waals surface area contributed by atoms with E-state index in [4.69, 9.17) is 4.74 Å². The van der Waals surface area contributed by atoms with E-state index in [0.29, 0.717) is 0 Å². The van der Waals surface area contributed by atoms with E-state index in [1.165, 1.54) is 10.4 Å². The second-order valence-electron chi connectivity index (χ2n) is 4.06. The molecule has 0 saturated heterocycles. The zero-order chi connectivity index (χ0) is 9.47. The Morgan fingerprint density at radius 1 is 1.62 bits per heavy atom. The van der Waals surface area contributed by atoms with Crippen LogP contribution in [-0.4, -0.2) is 13.7 Å². The van der Waals surface area contributed by atoms with Crippen LogP contribution in [0.2, 0.25) is 0 Å². The Morgan fingerprint density at radius 2 is 2.38 bits per heavy atom. The van der Waals surface area contributed by atoms with E-state index in [0.717, 1.165) is 6.61 Å². The van der Waals surface area contributed by atoms with Crippen molar-refractivity contribution >= 4 is 11.3 Å². The lowest BCUT2D eigenvalue weighted by atomic mass is 9.84. The van der Waals surface area contributed by atoms with Crippen molar-refractivity contribution in [3.05, 3.63) is 21.9 Å². The topological polar surface area (TPSA) is 21.3 Å². The van der Waals surface area contributed by atoms with Gasteiger partial charge in [0.15, 0.2) is 0 Å². The van der Waals surface area contributed by atoms with Crippen LogP contribution < -0.4 is 5.32 Å². The first-order valence-electron chi connectivity index (χ1n) is 4.52. The van der Waals surface area contributed by atoms with Gasteiger partial charge in [-0.15, -0.1) is 11.3 Å². The Morgan fingerprint density at radius 3 is 3.08 bits per heavy atom. The van der Waals surface area contributed by atoms with Crippen molar-refractivity contribution in [2.24, 2.45) is 0 Å². The number of hydrogen-bond donors (Lipinski definition) is 1. The lowest BCUT2D eigenvalue weighted by molar-refractivity contribution is -0.00579. The molecule has 1 aliphatic heterocycles. The third kappa shape index (κ3) is 1.41. The smallest absolute Gasteiger partial charge is 0.143 e. The summed E-state index contributed by atoms with van der Waals surface area (Å²) in [5.41, 5.74) is 1.60. The van der Waals surface area contributed by atoms with Gasteiger partial charge in [-0.05, 0) is 24.1 Å². The van der Waals surface area contributed by atoms with E-state index >= 15 is 0 Å². The van der Waals surface area contributed by atoms with Crippen LogP contribution >= 0.6 is 11.3 Å². The Hall–Kier alpha value is -0.380. The summed E-state index contributed by atoms with van der Waals surface area (Å²) in [6.45, 7) is 5.25. The maximum absolute atomic E-state index is 5.73. The van der Waals surface area contributed by atoms with Gasteiger partial charge in [0.2, 0.25) is 0 Å². The van der Waals surface area contributed by atoms with E-state index in [9.17, 15) is 0 Å². The summed E-state index contributed by atoms with van der Waals surface area (Å²) in [6.07, 6.45) is 0.100. The second-order valence-corrected chi connectivity index (χ2v) is 5.01. The summed E-state index contributed by atoms with van der Waals surface area (Å²) in [7, 11) is 1.94. The molecule has 2 rings (SSSR count). The van der Waals surface area contributed by atoms with Crippen molar-refractivity contribution in [3.63, 3.8) is 0 Å². The number of nitrogens with one attached hydrogen (secondary N) is 1. The van der Waals surface area contributed by atoms with Crippen LogP contribution in [0.5, 0.6) is 0 Å². The molecule has 1 aromatic heterocycles. The molecule has 0 aliphatic carbocycles. The normalized spacial score (nSPS) is 25.6. The minimum atomic E-state index is 0.100. The van der Waals surface area contributed by atoms with Gasteiger partial charge in [-0.1, -0.05) is 13.8 Å². The molecule has 0 spiro atoms. The van der Waals surface area contributed by atoms with E-state index < -0.39 is 0 Å². The average Bonchev–Trinajstić information content (AvgIpc) is 2.54. The largest absolute Gasteiger partial charge is 0.357 e. The molecule has 3 heteroatoms. The van der Waals surface area contributed by atoms with Crippen LogP contribution in [0.15, 0.2) is 11.4 Å². The summed E-state index contributed by atoms with van der Waals surface area (Å²) in [6, 6.07) is 2.22. The zero-order valence-corrected chi connectivity index (χ0v) is 9.07. The lowest BCUT2D eigenvalue weighted by Crippen LogP contribution is -2.35. The second kappa shape index (κ2) is 3.08. The monoisotopic (exact) mass is 197 g/mol. The zero-order valence-electron chi connectivity index (χ0n) is 8.26. The van der Waals surface area contributed by atoms with Gasteiger partial charge < -0.3 is 4.74 Å². The SMILES string of the molecule is CNC1OCC(C)(C)c2ccsc21. The van der Waals surface area contributed by atoms with Gasteiger partial charge in [-0.2, -0.15) is 0 Å². The first-order chi connectivity index (χ1) is 6.15. The van der Waals surface area contributed by atoms with Crippen LogP contribution in [0.3, 0.4) is 0 Å². The van der Waals surface area contributed by atoms with Gasteiger partial charge in [0.05, 0.1) is 11.5 Å². The van der Waals surface area contributed by atoms with Crippen LogP contribution in [0.25, 0.3) is 0 Å². The molecule has 1 atom stereocenters. The van der Waals surface area contributed by atoms with Gasteiger partial charge in [-0.25, -0.2) is 0 Å². The van der Waals surface area contributed by atoms with E-state index in [1.807, 2.05) is 7.05 Å². The number of fused-ring (bicyclic) bond motifs is 1. The molecule has 1 aliphatic rings. The maximum Gasteiger partial charge on any atom is 0.143 e. The minimum Gasteiger partial charge on any atom is -0.357 e. The molecule has 13 heavy (non-hydrogen) atoms. The van der Waals surface area contributed by atoms with Crippen LogP contribution in [0.4, 0.5) is 0 Å². The molecule has 72 valence electrons. The van der Waals surface area contributed by atoms with E-state index in [1.54, 1.807) is 11.3 Å². The first kappa shape index (κ1) is 9.19. The number of thiophene rings is 1. The fourth-order valence-corrected chi connectivity index (χ4v) is 2.87. The molecule has 1 aromatic rings. The Balaban J connectivity index is 2.43. The molecule has 0 saturated carbocycles. The molecule has 0 aromatic carbocycles. The van der Waals surface area contributed by atoms with Gasteiger partial charge in [-0.3, -0.25) is 5.32 Å². The summed E-state index contributed by atoms with van der Waals surface area (Å²) in [5.74, 6) is 0. The van der Waals surface area contributed by atoms with Gasteiger partial charge in [0.1, 0.15) is 6.23 Å². The van der Waals surface area contributed by atoms with E-state index in [2.05, 4.69) is 30.6 Å². The third-order valence-electron chi connectivity index (χ3n) is 2.54. The molecule has 0 amide bonds. The van der Waals surface area contributed by atoms with Crippen LogP contribution in [0, 0.1) is 0 Å². The van der Waals surface area contributed by atoms with Crippen molar-refractivity contribution in [3.8, 4) is 0 Å². The standard InChI is InChI=1S/C10H15NOS/c1-10(2)6-12-9(11-3)8-7(10)4-5-13-8/h4-5,9,11H,6H2,1-3H3. The number of hydrogen-bond acceptors (Lipinski definition) is 3. The average molecular weight is 197 g/mol. The lowest BCUT2D eigenvalue weighted by Gasteiger charge is -2.34. The maximum atomic E-state index is 5.73. The van der Waals surface area contributed by atoms with Gasteiger partial charge in [0, 0.05) is 5.41 Å². The molecular weight excluding hydrogens is 182 g/mol. The third-order valence-corrected chi connectivity index (χ3v) is 3.50. The number of ether oxygens (including phenoxy) is 1. The van der Waals surface area contributed by atoms with E-state index in [-0.39, 0.29) is 11.6 Å². The summed E-state index contributed by atoms with van der Waals surface area (Å²) < 4.78 is 5.73. The van der Waals surface area contributed by atoms with Gasteiger partial charge >= 0.3 is 0 Å². The van der Waals surface area contributed by atoms with Crippen LogP contribution in [0.1, 0.15) is 30.5 Å². The highest BCUT2D eigenvalue weighted by atomic mass is 32.1. The van der Waals surface area contributed by atoms with Gasteiger partial charge in [0.25, 0.3) is 0 Å². The highest BCUT2D eigenvalue weighted by Crippen LogP contribution is 2.39. The van der Waals surface area contributed by atoms with Crippen molar-refractivity contribution in [1.29, 1.82) is 0 Å². The van der Waals surface area contributed by atoms with Crippen molar-refractivity contribution in [2.75, 3.05) is 13.7 Å². The molecule has 0 bridgehead atoms. The number of rotatable bonds is 1. The molecule has 0 fully saturated rings.